The molecule has 0 aliphatic carbocycles. The second kappa shape index (κ2) is 7.97. The van der Waals surface area contributed by atoms with Gasteiger partial charge in [-0.25, -0.2) is 0 Å². The van der Waals surface area contributed by atoms with Gasteiger partial charge in [0.2, 0.25) is 0 Å². The SMILES string of the molecule is O=C(NCC1(O)CN(C(c2ccccc2)c2ccccc2)C1)c1ccccc1. The van der Waals surface area contributed by atoms with E-state index in [9.17, 15) is 9.90 Å². The van der Waals surface area contributed by atoms with Gasteiger partial charge in [-0.2, -0.15) is 0 Å². The number of nitrogens with zero attached hydrogens (tertiary/aromatic N) is 1. The van der Waals surface area contributed by atoms with Gasteiger partial charge in [-0.1, -0.05) is 78.9 Å². The van der Waals surface area contributed by atoms with Crippen molar-refractivity contribution in [3.8, 4) is 0 Å². The molecule has 1 saturated heterocycles. The Kier molecular flexibility index (Phi) is 5.24. The fourth-order valence-corrected chi connectivity index (χ4v) is 3.83. The van der Waals surface area contributed by atoms with Gasteiger partial charge in [0.25, 0.3) is 5.91 Å². The molecule has 0 unspecified atom stereocenters. The molecular weight excluding hydrogens is 348 g/mol. The van der Waals surface area contributed by atoms with Crippen molar-refractivity contribution < 1.29 is 9.90 Å². The third-order valence-corrected chi connectivity index (χ3v) is 5.20. The molecule has 28 heavy (non-hydrogen) atoms. The highest BCUT2D eigenvalue weighted by atomic mass is 16.3. The van der Waals surface area contributed by atoms with Crippen LogP contribution in [0.15, 0.2) is 91.0 Å². The molecule has 1 amide bonds. The van der Waals surface area contributed by atoms with Gasteiger partial charge < -0.3 is 10.4 Å². The van der Waals surface area contributed by atoms with E-state index in [0.29, 0.717) is 18.7 Å². The van der Waals surface area contributed by atoms with E-state index in [1.54, 1.807) is 12.1 Å². The first-order valence-electron chi connectivity index (χ1n) is 9.54. The van der Waals surface area contributed by atoms with Crippen molar-refractivity contribution in [2.75, 3.05) is 19.6 Å². The number of β-amino-alcohol motifs (C(OH)–C–C–N with tert-alkyl or cyclic N) is 1. The first-order valence-corrected chi connectivity index (χ1v) is 9.54. The second-order valence-electron chi connectivity index (χ2n) is 7.40. The van der Waals surface area contributed by atoms with Gasteiger partial charge in [0.15, 0.2) is 0 Å². The fraction of sp³-hybridized carbons (Fsp3) is 0.208. The molecular formula is C24H24N2O2. The number of rotatable bonds is 6. The maximum Gasteiger partial charge on any atom is 0.251 e. The molecule has 4 heteroatoms. The van der Waals surface area contributed by atoms with Crippen LogP contribution in [0.4, 0.5) is 0 Å². The molecule has 0 atom stereocenters. The van der Waals surface area contributed by atoms with Gasteiger partial charge in [-0.15, -0.1) is 0 Å². The third-order valence-electron chi connectivity index (χ3n) is 5.20. The van der Waals surface area contributed by atoms with Gasteiger partial charge in [0.1, 0.15) is 5.60 Å². The van der Waals surface area contributed by atoms with E-state index in [0.717, 1.165) is 0 Å². The maximum atomic E-state index is 12.3. The molecule has 1 heterocycles. The summed E-state index contributed by atoms with van der Waals surface area (Å²) in [6.45, 7) is 1.26. The third kappa shape index (κ3) is 3.98. The lowest BCUT2D eigenvalue weighted by molar-refractivity contribution is -0.106. The Balaban J connectivity index is 1.43. The van der Waals surface area contributed by atoms with Gasteiger partial charge in [0.05, 0.1) is 6.04 Å². The fourth-order valence-electron chi connectivity index (χ4n) is 3.83. The summed E-state index contributed by atoms with van der Waals surface area (Å²) in [5, 5.41) is 13.7. The van der Waals surface area contributed by atoms with Crippen molar-refractivity contribution >= 4 is 5.91 Å². The zero-order valence-corrected chi connectivity index (χ0v) is 15.7. The number of hydrogen-bond acceptors (Lipinski definition) is 3. The molecule has 142 valence electrons. The molecule has 1 aliphatic rings. The monoisotopic (exact) mass is 372 g/mol. The summed E-state index contributed by atoms with van der Waals surface area (Å²) in [7, 11) is 0. The van der Waals surface area contributed by atoms with Crippen LogP contribution in [0.2, 0.25) is 0 Å². The van der Waals surface area contributed by atoms with Crippen LogP contribution < -0.4 is 5.32 Å². The molecule has 0 aromatic heterocycles. The second-order valence-corrected chi connectivity index (χ2v) is 7.40. The number of benzene rings is 3. The smallest absolute Gasteiger partial charge is 0.251 e. The molecule has 3 aromatic rings. The minimum atomic E-state index is -0.910. The Morgan fingerprint density at radius 2 is 1.32 bits per heavy atom. The van der Waals surface area contributed by atoms with Crippen molar-refractivity contribution in [1.29, 1.82) is 0 Å². The maximum absolute atomic E-state index is 12.3. The largest absolute Gasteiger partial charge is 0.385 e. The number of likely N-dealkylation sites (tertiary alicyclic amines) is 1. The minimum Gasteiger partial charge on any atom is -0.385 e. The zero-order chi connectivity index (χ0) is 19.4. The van der Waals surface area contributed by atoms with Crippen LogP contribution in [0.1, 0.15) is 27.5 Å². The van der Waals surface area contributed by atoms with E-state index in [2.05, 4.69) is 34.5 Å². The molecule has 0 saturated carbocycles. The van der Waals surface area contributed by atoms with Crippen LogP contribution in [0, 0.1) is 0 Å². The Morgan fingerprint density at radius 1 is 0.857 bits per heavy atom. The Hall–Kier alpha value is -2.95. The summed E-state index contributed by atoms with van der Waals surface area (Å²) in [6, 6.07) is 29.8. The lowest BCUT2D eigenvalue weighted by atomic mass is 9.87. The highest BCUT2D eigenvalue weighted by molar-refractivity contribution is 5.94. The number of nitrogens with one attached hydrogen (secondary N) is 1. The van der Waals surface area contributed by atoms with Crippen LogP contribution in [0.3, 0.4) is 0 Å². The van der Waals surface area contributed by atoms with Crippen molar-refractivity contribution in [2.45, 2.75) is 11.6 Å². The summed E-state index contributed by atoms with van der Waals surface area (Å²) < 4.78 is 0. The lowest BCUT2D eigenvalue weighted by Gasteiger charge is -2.50. The van der Waals surface area contributed by atoms with E-state index in [4.69, 9.17) is 0 Å². The van der Waals surface area contributed by atoms with E-state index in [1.807, 2.05) is 54.6 Å². The zero-order valence-electron chi connectivity index (χ0n) is 15.7. The van der Waals surface area contributed by atoms with Crippen molar-refractivity contribution in [1.82, 2.24) is 10.2 Å². The molecule has 0 bridgehead atoms. The normalized spacial score (nSPS) is 15.8. The van der Waals surface area contributed by atoms with E-state index >= 15 is 0 Å². The van der Waals surface area contributed by atoms with Gasteiger partial charge in [-0.3, -0.25) is 9.69 Å². The summed E-state index contributed by atoms with van der Waals surface area (Å²) >= 11 is 0. The van der Waals surface area contributed by atoms with Crippen LogP contribution in [0.5, 0.6) is 0 Å². The van der Waals surface area contributed by atoms with Crippen molar-refractivity contribution in [2.24, 2.45) is 0 Å². The summed E-state index contributed by atoms with van der Waals surface area (Å²) in [4.78, 5) is 14.5. The van der Waals surface area contributed by atoms with Gasteiger partial charge in [-0.05, 0) is 23.3 Å². The van der Waals surface area contributed by atoms with Crippen molar-refractivity contribution in [3.05, 3.63) is 108 Å². The number of amides is 1. The van der Waals surface area contributed by atoms with Crippen LogP contribution in [0.25, 0.3) is 0 Å². The minimum absolute atomic E-state index is 0.0903. The van der Waals surface area contributed by atoms with Crippen LogP contribution >= 0.6 is 0 Å². The summed E-state index contributed by atoms with van der Waals surface area (Å²) in [5.41, 5.74) is 2.09. The van der Waals surface area contributed by atoms with Crippen molar-refractivity contribution in [3.63, 3.8) is 0 Å². The standard InChI is InChI=1S/C24H24N2O2/c27-23(21-14-8-3-9-15-21)25-16-24(28)17-26(18-24)22(19-10-4-1-5-11-19)20-12-6-2-7-13-20/h1-15,22,28H,16-18H2,(H,25,27). The highest BCUT2D eigenvalue weighted by Crippen LogP contribution is 2.35. The molecule has 3 aromatic carbocycles. The Bertz CT molecular complexity index is 868. The Morgan fingerprint density at radius 3 is 1.82 bits per heavy atom. The predicted octanol–water partition coefficient (Wildman–Crippen LogP) is 3.25. The summed E-state index contributed by atoms with van der Waals surface area (Å²) in [5.74, 6) is -0.157. The topological polar surface area (TPSA) is 52.6 Å². The molecule has 0 radical (unpaired) electrons. The van der Waals surface area contributed by atoms with Crippen LogP contribution in [-0.4, -0.2) is 41.1 Å². The van der Waals surface area contributed by atoms with E-state index < -0.39 is 5.60 Å². The molecule has 0 spiro atoms. The van der Waals surface area contributed by atoms with Gasteiger partial charge in [0, 0.05) is 25.2 Å². The molecule has 2 N–H and O–H groups in total. The lowest BCUT2D eigenvalue weighted by Crippen LogP contribution is -2.66. The average Bonchev–Trinajstić information content (AvgIpc) is 2.73. The van der Waals surface area contributed by atoms with E-state index in [1.165, 1.54) is 11.1 Å². The van der Waals surface area contributed by atoms with Gasteiger partial charge >= 0.3 is 0 Å². The molecule has 1 aliphatic heterocycles. The quantitative estimate of drug-likeness (QED) is 0.698. The molecule has 4 nitrogen and oxygen atoms in total. The molecule has 4 rings (SSSR count). The number of carbonyl (C=O) groups is 1. The predicted molar refractivity (Wildman–Crippen MR) is 110 cm³/mol. The number of aliphatic hydroxyl groups is 1. The van der Waals surface area contributed by atoms with Crippen LogP contribution in [-0.2, 0) is 0 Å². The van der Waals surface area contributed by atoms with E-state index in [-0.39, 0.29) is 18.5 Å². The highest BCUT2D eigenvalue weighted by Gasteiger charge is 2.45. The first-order chi connectivity index (χ1) is 13.6. The average molecular weight is 372 g/mol. The number of hydrogen-bond donors (Lipinski definition) is 2. The summed E-state index contributed by atoms with van der Waals surface area (Å²) in [6.07, 6.45) is 0. The Labute approximate surface area is 165 Å². The first kappa shape index (κ1) is 18.4. The number of carbonyl (C=O) groups excluding carboxylic acids is 1. The molecule has 1 fully saturated rings.